The Hall–Kier alpha value is -4.29. The van der Waals surface area contributed by atoms with Crippen LogP contribution in [0.1, 0.15) is 34.3 Å². The van der Waals surface area contributed by atoms with E-state index in [9.17, 15) is 9.59 Å². The largest absolute Gasteiger partial charge is 0.332 e. The van der Waals surface area contributed by atoms with Crippen molar-refractivity contribution in [1.29, 1.82) is 0 Å². The van der Waals surface area contributed by atoms with Gasteiger partial charge in [-0.3, -0.25) is 9.59 Å². The Kier molecular flexibility index (Phi) is 8.21. The van der Waals surface area contributed by atoms with Crippen LogP contribution in [0, 0.1) is 0 Å². The Morgan fingerprint density at radius 2 is 1.33 bits per heavy atom. The molecule has 0 aliphatic heterocycles. The first kappa shape index (κ1) is 24.8. The van der Waals surface area contributed by atoms with E-state index in [1.54, 1.807) is 29.2 Å². The third-order valence-electron chi connectivity index (χ3n) is 5.76. The van der Waals surface area contributed by atoms with Gasteiger partial charge in [-0.25, -0.2) is 0 Å². The molecular weight excluding hydrogens is 466 g/mol. The van der Waals surface area contributed by atoms with E-state index >= 15 is 0 Å². The topological polar surface area (TPSA) is 61.4 Å². The van der Waals surface area contributed by atoms with Gasteiger partial charge in [0.25, 0.3) is 5.91 Å². The number of hydrogen-bond acceptors (Lipinski definition) is 3. The summed E-state index contributed by atoms with van der Waals surface area (Å²) in [5.74, 6) is -0.863. The Bertz CT molecular complexity index is 1290. The molecule has 0 spiro atoms. The lowest BCUT2D eigenvalue weighted by Gasteiger charge is -2.21. The zero-order chi connectivity index (χ0) is 25.3. The molecule has 36 heavy (non-hydrogen) atoms. The predicted molar refractivity (Wildman–Crippen MR) is 149 cm³/mol. The molecule has 5 nitrogen and oxygen atoms in total. The molecular formula is C30H27N3O2S. The minimum Gasteiger partial charge on any atom is -0.332 e. The SMILES string of the molecule is CCN(C(=O)c1cccc(NC(=S)NC(=O)C(c2ccccc2)c2ccccc2)c1)c1ccccc1. The molecule has 0 heterocycles. The molecule has 0 atom stereocenters. The van der Waals surface area contributed by atoms with E-state index in [1.807, 2.05) is 97.9 Å². The van der Waals surface area contributed by atoms with Crippen LogP contribution < -0.4 is 15.5 Å². The molecule has 6 heteroatoms. The van der Waals surface area contributed by atoms with Crippen LogP contribution >= 0.6 is 12.2 Å². The number of amides is 2. The van der Waals surface area contributed by atoms with Gasteiger partial charge in [-0.1, -0.05) is 84.9 Å². The van der Waals surface area contributed by atoms with E-state index in [-0.39, 0.29) is 16.9 Å². The molecule has 2 amide bonds. The number of para-hydroxylation sites is 1. The Labute approximate surface area is 216 Å². The van der Waals surface area contributed by atoms with Gasteiger partial charge >= 0.3 is 0 Å². The first-order chi connectivity index (χ1) is 17.6. The van der Waals surface area contributed by atoms with E-state index in [1.165, 1.54) is 0 Å². The Morgan fingerprint density at radius 3 is 1.89 bits per heavy atom. The quantitative estimate of drug-likeness (QED) is 0.310. The number of carbonyl (C=O) groups is 2. The van der Waals surface area contributed by atoms with Crippen LogP contribution in [-0.2, 0) is 4.79 Å². The van der Waals surface area contributed by atoms with Crippen molar-refractivity contribution in [3.05, 3.63) is 132 Å². The van der Waals surface area contributed by atoms with Gasteiger partial charge in [0.05, 0.1) is 5.92 Å². The fourth-order valence-corrected chi connectivity index (χ4v) is 4.29. The van der Waals surface area contributed by atoms with Crippen LogP contribution in [0.5, 0.6) is 0 Å². The van der Waals surface area contributed by atoms with Crippen molar-refractivity contribution in [2.45, 2.75) is 12.8 Å². The van der Waals surface area contributed by atoms with Crippen molar-refractivity contribution in [2.75, 3.05) is 16.8 Å². The van der Waals surface area contributed by atoms with Crippen molar-refractivity contribution in [1.82, 2.24) is 5.32 Å². The number of carbonyl (C=O) groups excluding carboxylic acids is 2. The smallest absolute Gasteiger partial charge is 0.258 e. The van der Waals surface area contributed by atoms with Crippen LogP contribution in [-0.4, -0.2) is 23.5 Å². The summed E-state index contributed by atoms with van der Waals surface area (Å²) in [4.78, 5) is 28.2. The number of nitrogens with zero attached hydrogens (tertiary/aromatic N) is 1. The average Bonchev–Trinajstić information content (AvgIpc) is 2.91. The second kappa shape index (κ2) is 11.9. The number of rotatable bonds is 7. The third kappa shape index (κ3) is 6.03. The van der Waals surface area contributed by atoms with Crippen LogP contribution in [0.3, 0.4) is 0 Å². The van der Waals surface area contributed by atoms with Gasteiger partial charge in [0.2, 0.25) is 5.91 Å². The first-order valence-corrected chi connectivity index (χ1v) is 12.2. The van der Waals surface area contributed by atoms with Crippen LogP contribution in [0.4, 0.5) is 11.4 Å². The molecule has 180 valence electrons. The van der Waals surface area contributed by atoms with Crippen molar-refractivity contribution in [3.63, 3.8) is 0 Å². The lowest BCUT2D eigenvalue weighted by Crippen LogP contribution is -2.38. The second-order valence-electron chi connectivity index (χ2n) is 8.16. The summed E-state index contributed by atoms with van der Waals surface area (Å²) in [6.07, 6.45) is 0. The molecule has 4 rings (SSSR count). The van der Waals surface area contributed by atoms with E-state index in [0.717, 1.165) is 16.8 Å². The van der Waals surface area contributed by atoms with Gasteiger partial charge in [-0.2, -0.15) is 0 Å². The summed E-state index contributed by atoms with van der Waals surface area (Å²) in [5.41, 5.74) is 3.71. The maximum atomic E-state index is 13.3. The van der Waals surface area contributed by atoms with Gasteiger partial charge in [-0.05, 0) is 60.6 Å². The summed E-state index contributed by atoms with van der Waals surface area (Å²) in [6, 6.07) is 35.8. The molecule has 0 aliphatic carbocycles. The van der Waals surface area contributed by atoms with Gasteiger partial charge in [0.15, 0.2) is 5.11 Å². The van der Waals surface area contributed by atoms with Crippen molar-refractivity contribution < 1.29 is 9.59 Å². The van der Waals surface area contributed by atoms with E-state index in [2.05, 4.69) is 10.6 Å². The number of hydrogen-bond donors (Lipinski definition) is 2. The molecule has 0 fully saturated rings. The van der Waals surface area contributed by atoms with E-state index < -0.39 is 5.92 Å². The monoisotopic (exact) mass is 493 g/mol. The highest BCUT2D eigenvalue weighted by Gasteiger charge is 2.23. The van der Waals surface area contributed by atoms with Crippen LogP contribution in [0.2, 0.25) is 0 Å². The highest BCUT2D eigenvalue weighted by Crippen LogP contribution is 2.25. The molecule has 4 aromatic carbocycles. The maximum Gasteiger partial charge on any atom is 0.258 e. The summed E-state index contributed by atoms with van der Waals surface area (Å²) < 4.78 is 0. The standard InChI is InChI=1S/C30H27N3O2S/c1-2-33(26-19-10-5-11-20-26)29(35)24-17-12-18-25(21-24)31-30(36)32-28(34)27(22-13-6-3-7-14-22)23-15-8-4-9-16-23/h3-21,27H,2H2,1H3,(H2,31,32,34,36). The first-order valence-electron chi connectivity index (χ1n) is 11.8. The van der Waals surface area contributed by atoms with Gasteiger partial charge in [-0.15, -0.1) is 0 Å². The molecule has 0 aliphatic rings. The highest BCUT2D eigenvalue weighted by atomic mass is 32.1. The Morgan fingerprint density at radius 1 is 0.778 bits per heavy atom. The van der Waals surface area contributed by atoms with Gasteiger partial charge < -0.3 is 15.5 Å². The zero-order valence-electron chi connectivity index (χ0n) is 19.9. The van der Waals surface area contributed by atoms with Crippen LogP contribution in [0.15, 0.2) is 115 Å². The second-order valence-corrected chi connectivity index (χ2v) is 8.57. The third-order valence-corrected chi connectivity index (χ3v) is 5.97. The summed E-state index contributed by atoms with van der Waals surface area (Å²) >= 11 is 5.45. The number of thiocarbonyl (C=S) groups is 1. The zero-order valence-corrected chi connectivity index (χ0v) is 20.7. The number of anilines is 2. The molecule has 0 saturated heterocycles. The Balaban J connectivity index is 1.48. The molecule has 0 saturated carbocycles. The van der Waals surface area contributed by atoms with Crippen LogP contribution in [0.25, 0.3) is 0 Å². The van der Waals surface area contributed by atoms with Crippen molar-refractivity contribution in [2.24, 2.45) is 0 Å². The lowest BCUT2D eigenvalue weighted by molar-refractivity contribution is -0.120. The van der Waals surface area contributed by atoms with E-state index in [4.69, 9.17) is 12.2 Å². The van der Waals surface area contributed by atoms with Crippen molar-refractivity contribution in [3.8, 4) is 0 Å². The molecule has 0 aromatic heterocycles. The summed E-state index contributed by atoms with van der Waals surface area (Å²) in [6.45, 7) is 2.48. The molecule has 0 radical (unpaired) electrons. The predicted octanol–water partition coefficient (Wildman–Crippen LogP) is 6.00. The molecule has 0 bridgehead atoms. The number of benzene rings is 4. The lowest BCUT2D eigenvalue weighted by atomic mass is 9.90. The molecule has 2 N–H and O–H groups in total. The molecule has 4 aromatic rings. The minimum atomic E-state index is -0.510. The maximum absolute atomic E-state index is 13.3. The van der Waals surface area contributed by atoms with Gasteiger partial charge in [0.1, 0.15) is 0 Å². The summed E-state index contributed by atoms with van der Waals surface area (Å²) in [7, 11) is 0. The minimum absolute atomic E-state index is 0.115. The summed E-state index contributed by atoms with van der Waals surface area (Å²) in [5, 5.41) is 6.04. The fourth-order valence-electron chi connectivity index (χ4n) is 4.07. The normalized spacial score (nSPS) is 10.5. The average molecular weight is 494 g/mol. The fraction of sp³-hybridized carbons (Fsp3) is 0.100. The van der Waals surface area contributed by atoms with Crippen molar-refractivity contribution >= 4 is 40.5 Å². The van der Waals surface area contributed by atoms with E-state index in [0.29, 0.717) is 17.8 Å². The molecule has 0 unspecified atom stereocenters. The number of nitrogens with one attached hydrogen (secondary N) is 2. The highest BCUT2D eigenvalue weighted by molar-refractivity contribution is 7.80. The van der Waals surface area contributed by atoms with Gasteiger partial charge in [0, 0.05) is 23.5 Å².